The normalized spacial score (nSPS) is 13.5. The molecule has 3 nitrogen and oxygen atoms in total. The molecule has 4 heteroatoms. The number of para-hydroxylation sites is 1. The fourth-order valence-electron chi connectivity index (χ4n) is 1.94. The summed E-state index contributed by atoms with van der Waals surface area (Å²) >= 11 is 1.78. The smallest absolute Gasteiger partial charge is 0.0642 e. The third-order valence-corrected chi connectivity index (χ3v) is 4.12. The quantitative estimate of drug-likeness (QED) is 0.397. The van der Waals surface area contributed by atoms with Gasteiger partial charge in [0, 0.05) is 9.79 Å². The SMILES string of the molecule is C/C(=N/N)c1ccc2c(c1)Nc1ccccc1S2. The predicted molar refractivity (Wildman–Crippen MR) is 76.7 cm³/mol. The van der Waals surface area contributed by atoms with Crippen molar-refractivity contribution in [2.75, 3.05) is 5.32 Å². The first-order chi connectivity index (χ1) is 8.78. The van der Waals surface area contributed by atoms with Gasteiger partial charge in [-0.1, -0.05) is 30.0 Å². The van der Waals surface area contributed by atoms with Crippen molar-refractivity contribution in [3.05, 3.63) is 48.0 Å². The highest BCUT2D eigenvalue weighted by Crippen LogP contribution is 2.44. The molecule has 0 atom stereocenters. The molecule has 0 saturated heterocycles. The molecule has 0 aliphatic carbocycles. The molecular weight excluding hydrogens is 242 g/mol. The highest BCUT2D eigenvalue weighted by Gasteiger charge is 2.15. The molecule has 1 aliphatic heterocycles. The average Bonchev–Trinajstić information content (AvgIpc) is 2.43. The summed E-state index contributed by atoms with van der Waals surface area (Å²) in [5.41, 5.74) is 4.14. The van der Waals surface area contributed by atoms with E-state index in [9.17, 15) is 0 Å². The third kappa shape index (κ3) is 1.84. The Balaban J connectivity index is 2.03. The van der Waals surface area contributed by atoms with Gasteiger partial charge in [0.15, 0.2) is 0 Å². The van der Waals surface area contributed by atoms with Crippen LogP contribution in [-0.2, 0) is 0 Å². The van der Waals surface area contributed by atoms with Crippen LogP contribution in [0.4, 0.5) is 11.4 Å². The van der Waals surface area contributed by atoms with Gasteiger partial charge in [0.25, 0.3) is 0 Å². The van der Waals surface area contributed by atoms with Gasteiger partial charge >= 0.3 is 0 Å². The van der Waals surface area contributed by atoms with Crippen LogP contribution in [0.2, 0.25) is 0 Å². The van der Waals surface area contributed by atoms with Crippen LogP contribution >= 0.6 is 11.8 Å². The maximum Gasteiger partial charge on any atom is 0.0642 e. The van der Waals surface area contributed by atoms with Gasteiger partial charge in [0.1, 0.15) is 0 Å². The zero-order valence-electron chi connectivity index (χ0n) is 9.97. The Bertz CT molecular complexity index is 635. The summed E-state index contributed by atoms with van der Waals surface area (Å²) in [4.78, 5) is 2.48. The zero-order valence-corrected chi connectivity index (χ0v) is 10.8. The van der Waals surface area contributed by atoms with Gasteiger partial charge < -0.3 is 11.2 Å². The van der Waals surface area contributed by atoms with E-state index < -0.39 is 0 Å². The molecule has 0 unspecified atom stereocenters. The van der Waals surface area contributed by atoms with E-state index in [1.165, 1.54) is 9.79 Å². The van der Waals surface area contributed by atoms with Crippen LogP contribution in [0.5, 0.6) is 0 Å². The summed E-state index contributed by atoms with van der Waals surface area (Å²) in [5, 5.41) is 7.18. The average molecular weight is 255 g/mol. The van der Waals surface area contributed by atoms with Crippen LogP contribution in [0.15, 0.2) is 57.4 Å². The first kappa shape index (κ1) is 11.2. The Morgan fingerprint density at radius 1 is 1.11 bits per heavy atom. The van der Waals surface area contributed by atoms with Crippen molar-refractivity contribution in [2.45, 2.75) is 16.7 Å². The van der Waals surface area contributed by atoms with E-state index in [1.54, 1.807) is 11.8 Å². The second-order valence-corrected chi connectivity index (χ2v) is 5.23. The van der Waals surface area contributed by atoms with E-state index >= 15 is 0 Å². The molecule has 2 aromatic rings. The fourth-order valence-corrected chi connectivity index (χ4v) is 2.91. The standard InChI is InChI=1S/C14H13N3S/c1-9(17-15)10-6-7-14-12(8-10)16-11-4-2-3-5-13(11)18-14/h2-8,16H,15H2,1H3/b17-9-. The van der Waals surface area contributed by atoms with Gasteiger partial charge in [-0.3, -0.25) is 0 Å². The molecule has 0 aromatic heterocycles. The monoisotopic (exact) mass is 255 g/mol. The Morgan fingerprint density at radius 2 is 1.89 bits per heavy atom. The number of nitrogens with one attached hydrogen (secondary N) is 1. The maximum atomic E-state index is 5.32. The summed E-state index contributed by atoms with van der Waals surface area (Å²) in [6.45, 7) is 1.91. The predicted octanol–water partition coefficient (Wildman–Crippen LogP) is 3.58. The largest absolute Gasteiger partial charge is 0.354 e. The molecule has 0 amide bonds. The van der Waals surface area contributed by atoms with Crippen molar-refractivity contribution in [1.29, 1.82) is 0 Å². The number of benzene rings is 2. The van der Waals surface area contributed by atoms with E-state index in [0.717, 1.165) is 22.6 Å². The molecule has 2 aromatic carbocycles. The van der Waals surface area contributed by atoms with E-state index in [0.29, 0.717) is 0 Å². The molecule has 18 heavy (non-hydrogen) atoms. The van der Waals surface area contributed by atoms with E-state index in [4.69, 9.17) is 5.84 Å². The number of fused-ring (bicyclic) bond motifs is 2. The lowest BCUT2D eigenvalue weighted by molar-refractivity contribution is 1.23. The van der Waals surface area contributed by atoms with Crippen LogP contribution in [0, 0.1) is 0 Å². The zero-order chi connectivity index (χ0) is 12.5. The van der Waals surface area contributed by atoms with Crippen molar-refractivity contribution in [1.82, 2.24) is 0 Å². The number of anilines is 2. The summed E-state index contributed by atoms with van der Waals surface area (Å²) in [7, 11) is 0. The highest BCUT2D eigenvalue weighted by molar-refractivity contribution is 7.99. The number of nitrogens with two attached hydrogens (primary N) is 1. The van der Waals surface area contributed by atoms with Gasteiger partial charge in [0.05, 0.1) is 17.1 Å². The molecule has 0 spiro atoms. The van der Waals surface area contributed by atoms with Crippen molar-refractivity contribution < 1.29 is 0 Å². The number of hydrazone groups is 1. The van der Waals surface area contributed by atoms with Gasteiger partial charge in [-0.2, -0.15) is 5.10 Å². The second kappa shape index (κ2) is 4.38. The van der Waals surface area contributed by atoms with Crippen LogP contribution in [-0.4, -0.2) is 5.71 Å². The maximum absolute atomic E-state index is 5.32. The highest BCUT2D eigenvalue weighted by atomic mass is 32.2. The molecule has 1 heterocycles. The molecule has 3 N–H and O–H groups in total. The van der Waals surface area contributed by atoms with Crippen LogP contribution in [0.3, 0.4) is 0 Å². The lowest BCUT2D eigenvalue weighted by Crippen LogP contribution is -2.03. The Morgan fingerprint density at radius 3 is 2.72 bits per heavy atom. The molecule has 0 radical (unpaired) electrons. The minimum Gasteiger partial charge on any atom is -0.354 e. The summed E-state index contributed by atoms with van der Waals surface area (Å²) in [6.07, 6.45) is 0. The molecule has 90 valence electrons. The molecule has 0 fully saturated rings. The Hall–Kier alpha value is -1.94. The van der Waals surface area contributed by atoms with Gasteiger partial charge in [0.2, 0.25) is 0 Å². The van der Waals surface area contributed by atoms with Crippen LogP contribution in [0.25, 0.3) is 0 Å². The second-order valence-electron chi connectivity index (χ2n) is 4.15. The van der Waals surface area contributed by atoms with E-state index in [2.05, 4.69) is 40.8 Å². The lowest BCUT2D eigenvalue weighted by Gasteiger charge is -2.21. The number of nitrogens with zero attached hydrogens (tertiary/aromatic N) is 1. The van der Waals surface area contributed by atoms with E-state index in [-0.39, 0.29) is 0 Å². The van der Waals surface area contributed by atoms with Crippen molar-refractivity contribution >= 4 is 28.8 Å². The minimum atomic E-state index is 0.837. The molecular formula is C14H13N3S. The summed E-state index contributed by atoms with van der Waals surface area (Å²) in [5.74, 6) is 5.32. The summed E-state index contributed by atoms with van der Waals surface area (Å²) < 4.78 is 0. The van der Waals surface area contributed by atoms with Crippen molar-refractivity contribution in [3.63, 3.8) is 0 Å². The first-order valence-electron chi connectivity index (χ1n) is 5.71. The number of hydrogen-bond acceptors (Lipinski definition) is 4. The van der Waals surface area contributed by atoms with Gasteiger partial charge in [-0.15, -0.1) is 0 Å². The number of hydrogen-bond donors (Lipinski definition) is 2. The van der Waals surface area contributed by atoms with Gasteiger partial charge in [-0.25, -0.2) is 0 Å². The van der Waals surface area contributed by atoms with Gasteiger partial charge in [-0.05, 0) is 36.8 Å². The van der Waals surface area contributed by atoms with Crippen molar-refractivity contribution in [3.8, 4) is 0 Å². The first-order valence-corrected chi connectivity index (χ1v) is 6.52. The molecule has 0 saturated carbocycles. The number of rotatable bonds is 1. The van der Waals surface area contributed by atoms with E-state index in [1.807, 2.05) is 19.1 Å². The lowest BCUT2D eigenvalue weighted by atomic mass is 10.1. The third-order valence-electron chi connectivity index (χ3n) is 2.97. The van der Waals surface area contributed by atoms with Crippen LogP contribution < -0.4 is 11.2 Å². The van der Waals surface area contributed by atoms with Crippen LogP contribution in [0.1, 0.15) is 12.5 Å². The topological polar surface area (TPSA) is 50.4 Å². The molecule has 1 aliphatic rings. The molecule has 3 rings (SSSR count). The minimum absolute atomic E-state index is 0.837. The molecule has 0 bridgehead atoms. The van der Waals surface area contributed by atoms with Crippen molar-refractivity contribution in [2.24, 2.45) is 10.9 Å². The Labute approximate surface area is 110 Å². The fraction of sp³-hybridized carbons (Fsp3) is 0.0714. The summed E-state index contributed by atoms with van der Waals surface area (Å²) in [6, 6.07) is 14.5. The Kier molecular flexibility index (Phi) is 2.72.